The second-order valence-electron chi connectivity index (χ2n) is 5.29. The van der Waals surface area contributed by atoms with Crippen LogP contribution in [0.25, 0.3) is 0 Å². The van der Waals surface area contributed by atoms with E-state index in [0.29, 0.717) is 0 Å². The van der Waals surface area contributed by atoms with Crippen molar-refractivity contribution in [1.29, 1.82) is 0 Å². The molecule has 1 aromatic heterocycles. The van der Waals surface area contributed by atoms with Crippen molar-refractivity contribution in [2.24, 2.45) is 0 Å². The molecule has 7 nitrogen and oxygen atoms in total. The minimum atomic E-state index is -0.525. The third kappa shape index (κ3) is 2.77. The van der Waals surface area contributed by atoms with Gasteiger partial charge in [-0.15, -0.1) is 0 Å². The molecule has 0 saturated carbocycles. The molecule has 0 spiro atoms. The zero-order chi connectivity index (χ0) is 14.9. The van der Waals surface area contributed by atoms with Gasteiger partial charge in [0, 0.05) is 31.2 Å². The van der Waals surface area contributed by atoms with Gasteiger partial charge in [0.2, 0.25) is 0 Å². The van der Waals surface area contributed by atoms with E-state index in [9.17, 15) is 14.9 Å². The van der Waals surface area contributed by atoms with Crippen LogP contribution in [0.4, 0.5) is 5.69 Å². The van der Waals surface area contributed by atoms with E-state index in [-0.39, 0.29) is 29.4 Å². The summed E-state index contributed by atoms with van der Waals surface area (Å²) in [6, 6.07) is 2.91. The Balaban J connectivity index is 2.20. The Morgan fingerprint density at radius 2 is 1.95 bits per heavy atom. The zero-order valence-corrected chi connectivity index (χ0v) is 11.8. The standard InChI is InChI=1S/C13H18N4O3/c1-9-7-15(3)8-10(2)16(9)13(18)12-5-4-11(6-14-12)17(19)20/h4-6,9-10H,7-8H2,1-3H3/t9-,10-/m0/s1. The minimum Gasteiger partial charge on any atom is -0.329 e. The van der Waals surface area contributed by atoms with E-state index in [1.165, 1.54) is 12.1 Å². The molecule has 0 unspecified atom stereocenters. The highest BCUT2D eigenvalue weighted by atomic mass is 16.6. The Kier molecular flexibility index (Phi) is 3.99. The maximum atomic E-state index is 12.5. The molecule has 1 fully saturated rings. The third-order valence-corrected chi connectivity index (χ3v) is 3.51. The molecule has 0 radical (unpaired) electrons. The van der Waals surface area contributed by atoms with Gasteiger partial charge in [0.25, 0.3) is 11.6 Å². The second-order valence-corrected chi connectivity index (χ2v) is 5.29. The predicted molar refractivity (Wildman–Crippen MR) is 73.5 cm³/mol. The van der Waals surface area contributed by atoms with E-state index >= 15 is 0 Å². The third-order valence-electron chi connectivity index (χ3n) is 3.51. The van der Waals surface area contributed by atoms with Crippen LogP contribution < -0.4 is 0 Å². The van der Waals surface area contributed by atoms with Crippen molar-refractivity contribution in [3.63, 3.8) is 0 Å². The number of hydrogen-bond donors (Lipinski definition) is 0. The quantitative estimate of drug-likeness (QED) is 0.599. The largest absolute Gasteiger partial charge is 0.329 e. The van der Waals surface area contributed by atoms with E-state index in [1.807, 2.05) is 20.9 Å². The predicted octanol–water partition coefficient (Wildman–Crippen LogP) is 1.15. The maximum Gasteiger partial charge on any atom is 0.287 e. The maximum absolute atomic E-state index is 12.5. The SMILES string of the molecule is C[C@H]1CN(C)C[C@H](C)N1C(=O)c1ccc([N+](=O)[O-])cn1. The summed E-state index contributed by atoms with van der Waals surface area (Å²) in [6.07, 6.45) is 1.12. The van der Waals surface area contributed by atoms with Crippen LogP contribution in [0.3, 0.4) is 0 Å². The Morgan fingerprint density at radius 3 is 2.40 bits per heavy atom. The van der Waals surface area contributed by atoms with Crippen LogP contribution in [0.5, 0.6) is 0 Å². The summed E-state index contributed by atoms with van der Waals surface area (Å²) < 4.78 is 0. The molecular weight excluding hydrogens is 260 g/mol. The van der Waals surface area contributed by atoms with Crippen molar-refractivity contribution in [1.82, 2.24) is 14.8 Å². The fraction of sp³-hybridized carbons (Fsp3) is 0.538. The summed E-state index contributed by atoms with van der Waals surface area (Å²) in [7, 11) is 2.03. The number of piperazine rings is 1. The lowest BCUT2D eigenvalue weighted by molar-refractivity contribution is -0.385. The number of nitro groups is 1. The molecule has 1 saturated heterocycles. The number of carbonyl (C=O) groups is 1. The lowest BCUT2D eigenvalue weighted by Gasteiger charge is -2.43. The molecule has 0 bridgehead atoms. The molecule has 2 rings (SSSR count). The summed E-state index contributed by atoms with van der Waals surface area (Å²) in [5.74, 6) is -0.173. The Morgan fingerprint density at radius 1 is 1.35 bits per heavy atom. The van der Waals surface area contributed by atoms with Crippen LogP contribution in [0.15, 0.2) is 18.3 Å². The van der Waals surface area contributed by atoms with Gasteiger partial charge in [0.1, 0.15) is 11.9 Å². The van der Waals surface area contributed by atoms with Crippen molar-refractivity contribution in [3.05, 3.63) is 34.1 Å². The smallest absolute Gasteiger partial charge is 0.287 e. The lowest BCUT2D eigenvalue weighted by atomic mass is 10.1. The van der Waals surface area contributed by atoms with Gasteiger partial charge < -0.3 is 9.80 Å². The molecule has 1 aromatic rings. The molecule has 2 heterocycles. The lowest BCUT2D eigenvalue weighted by Crippen LogP contribution is -2.57. The minimum absolute atomic E-state index is 0.0910. The van der Waals surface area contributed by atoms with Gasteiger partial charge in [-0.2, -0.15) is 0 Å². The average Bonchev–Trinajstić information content (AvgIpc) is 2.37. The van der Waals surface area contributed by atoms with Gasteiger partial charge in [-0.1, -0.05) is 0 Å². The van der Waals surface area contributed by atoms with Crippen LogP contribution >= 0.6 is 0 Å². The van der Waals surface area contributed by atoms with Crippen molar-refractivity contribution in [3.8, 4) is 0 Å². The van der Waals surface area contributed by atoms with Crippen LogP contribution in [-0.4, -0.2) is 57.8 Å². The fourth-order valence-corrected chi connectivity index (χ4v) is 2.74. The van der Waals surface area contributed by atoms with E-state index in [4.69, 9.17) is 0 Å². The molecule has 0 aromatic carbocycles. The zero-order valence-electron chi connectivity index (χ0n) is 11.8. The number of likely N-dealkylation sites (N-methyl/N-ethyl adjacent to an activating group) is 1. The highest BCUT2D eigenvalue weighted by Gasteiger charge is 2.32. The highest BCUT2D eigenvalue weighted by molar-refractivity contribution is 5.93. The molecule has 0 N–H and O–H groups in total. The topological polar surface area (TPSA) is 79.6 Å². The van der Waals surface area contributed by atoms with Crippen molar-refractivity contribution in [2.45, 2.75) is 25.9 Å². The first-order valence-corrected chi connectivity index (χ1v) is 6.51. The first-order chi connectivity index (χ1) is 9.40. The fourth-order valence-electron chi connectivity index (χ4n) is 2.74. The number of amides is 1. The van der Waals surface area contributed by atoms with Crippen molar-refractivity contribution >= 4 is 11.6 Å². The van der Waals surface area contributed by atoms with Crippen LogP contribution in [0.2, 0.25) is 0 Å². The van der Waals surface area contributed by atoms with E-state index in [0.717, 1.165) is 19.3 Å². The highest BCUT2D eigenvalue weighted by Crippen LogP contribution is 2.18. The number of aromatic nitrogens is 1. The van der Waals surface area contributed by atoms with Gasteiger partial charge in [-0.3, -0.25) is 14.9 Å². The molecule has 1 amide bonds. The van der Waals surface area contributed by atoms with Gasteiger partial charge >= 0.3 is 0 Å². The molecule has 20 heavy (non-hydrogen) atoms. The molecule has 1 aliphatic heterocycles. The van der Waals surface area contributed by atoms with Gasteiger partial charge in [-0.25, -0.2) is 4.98 Å². The molecule has 0 aliphatic carbocycles. The summed E-state index contributed by atoms with van der Waals surface area (Å²) in [4.78, 5) is 30.4. The molecular formula is C13H18N4O3. The molecule has 7 heteroatoms. The van der Waals surface area contributed by atoms with E-state index < -0.39 is 4.92 Å². The Bertz CT molecular complexity index is 505. The van der Waals surface area contributed by atoms with Crippen LogP contribution in [0, 0.1) is 10.1 Å². The van der Waals surface area contributed by atoms with Gasteiger partial charge in [-0.05, 0) is 27.0 Å². The van der Waals surface area contributed by atoms with E-state index in [1.54, 1.807) is 4.90 Å². The molecule has 1 aliphatic rings. The number of nitrogens with zero attached hydrogens (tertiary/aromatic N) is 4. The number of hydrogen-bond acceptors (Lipinski definition) is 5. The summed E-state index contributed by atoms with van der Waals surface area (Å²) in [5, 5.41) is 10.6. The normalized spacial score (nSPS) is 23.6. The van der Waals surface area contributed by atoms with Crippen molar-refractivity contribution < 1.29 is 9.72 Å². The number of pyridine rings is 1. The first kappa shape index (κ1) is 14.4. The average molecular weight is 278 g/mol. The van der Waals surface area contributed by atoms with E-state index in [2.05, 4.69) is 9.88 Å². The Hall–Kier alpha value is -2.02. The number of rotatable bonds is 2. The summed E-state index contributed by atoms with van der Waals surface area (Å²) in [6.45, 7) is 5.61. The van der Waals surface area contributed by atoms with Crippen LogP contribution in [-0.2, 0) is 0 Å². The Labute approximate surface area is 117 Å². The summed E-state index contributed by atoms with van der Waals surface area (Å²) >= 11 is 0. The van der Waals surface area contributed by atoms with Gasteiger partial charge in [0.15, 0.2) is 0 Å². The van der Waals surface area contributed by atoms with Crippen molar-refractivity contribution in [2.75, 3.05) is 20.1 Å². The second kappa shape index (κ2) is 5.54. The monoisotopic (exact) mass is 278 g/mol. The van der Waals surface area contributed by atoms with Gasteiger partial charge in [0.05, 0.1) is 4.92 Å². The molecule has 108 valence electrons. The first-order valence-electron chi connectivity index (χ1n) is 6.51. The summed E-state index contributed by atoms with van der Waals surface area (Å²) in [5.41, 5.74) is 0.139. The van der Waals surface area contributed by atoms with Crippen LogP contribution in [0.1, 0.15) is 24.3 Å². The number of carbonyl (C=O) groups excluding carboxylic acids is 1. The molecule has 2 atom stereocenters.